The van der Waals surface area contributed by atoms with Gasteiger partial charge < -0.3 is 15.4 Å². The predicted octanol–water partition coefficient (Wildman–Crippen LogP) is 2.75. The summed E-state index contributed by atoms with van der Waals surface area (Å²) in [6.07, 6.45) is 0. The van der Waals surface area contributed by atoms with Crippen molar-refractivity contribution in [2.75, 3.05) is 17.7 Å². The summed E-state index contributed by atoms with van der Waals surface area (Å²) in [4.78, 5) is 22.4. The molecular formula is C14H16N6O3. The lowest BCUT2D eigenvalue weighted by atomic mass is 10.3. The molecule has 0 spiro atoms. The number of aromatic nitrogens is 2. The summed E-state index contributed by atoms with van der Waals surface area (Å²) in [5.74, 6) is 0.433. The van der Waals surface area contributed by atoms with Crippen LogP contribution < -0.4 is 15.4 Å². The number of amides is 2. The Balaban J connectivity index is 2.34. The average molecular weight is 316 g/mol. The van der Waals surface area contributed by atoms with Crippen molar-refractivity contribution in [2.24, 2.45) is 10.2 Å². The van der Waals surface area contributed by atoms with Gasteiger partial charge in [-0.05, 0) is 12.1 Å². The van der Waals surface area contributed by atoms with Gasteiger partial charge in [-0.2, -0.15) is 10.2 Å². The van der Waals surface area contributed by atoms with E-state index in [4.69, 9.17) is 4.74 Å². The number of hydrogen-bond acceptors (Lipinski definition) is 6. The van der Waals surface area contributed by atoms with Crippen LogP contribution in [-0.2, 0) is 9.59 Å². The first kappa shape index (κ1) is 16.1. The lowest BCUT2D eigenvalue weighted by Crippen LogP contribution is -2.07. The topological polar surface area (TPSA) is 121 Å². The van der Waals surface area contributed by atoms with Gasteiger partial charge in [-0.15, -0.1) is 5.11 Å². The Kier molecular flexibility index (Phi) is 5.03. The quantitative estimate of drug-likeness (QED) is 0.734. The van der Waals surface area contributed by atoms with Crippen LogP contribution in [0.15, 0.2) is 34.5 Å². The van der Waals surface area contributed by atoms with E-state index >= 15 is 0 Å². The number of azo groups is 1. The van der Waals surface area contributed by atoms with Gasteiger partial charge in [0.1, 0.15) is 5.75 Å². The SMILES string of the molecule is COc1cccc(N=Nc2c(NC(C)=O)n[nH]c2NC(C)=O)c1. The number of aromatic amines is 1. The number of rotatable bonds is 5. The molecule has 2 aromatic rings. The van der Waals surface area contributed by atoms with Gasteiger partial charge in [-0.1, -0.05) is 6.07 Å². The number of ether oxygens (including phenoxy) is 1. The van der Waals surface area contributed by atoms with E-state index in [-0.39, 0.29) is 29.1 Å². The number of methoxy groups -OCH3 is 1. The number of carbonyl (C=O) groups is 2. The van der Waals surface area contributed by atoms with E-state index in [2.05, 4.69) is 31.1 Å². The number of hydrogen-bond donors (Lipinski definition) is 3. The van der Waals surface area contributed by atoms with Crippen LogP contribution >= 0.6 is 0 Å². The summed E-state index contributed by atoms with van der Waals surface area (Å²) in [5, 5.41) is 19.7. The number of anilines is 2. The van der Waals surface area contributed by atoms with Crippen molar-refractivity contribution in [3.05, 3.63) is 24.3 Å². The van der Waals surface area contributed by atoms with Gasteiger partial charge in [-0.25, -0.2) is 0 Å². The van der Waals surface area contributed by atoms with E-state index in [1.54, 1.807) is 31.4 Å². The standard InChI is InChI=1S/C14H16N6O3/c1-8(21)15-13-12(14(20-19-13)16-9(2)22)18-17-10-5-4-6-11(7-10)23-3/h4-7H,1-3H3,(H3,15,16,19,20,21,22). The smallest absolute Gasteiger partial charge is 0.222 e. The first-order chi connectivity index (χ1) is 11.0. The van der Waals surface area contributed by atoms with Crippen LogP contribution in [0.5, 0.6) is 5.75 Å². The highest BCUT2D eigenvalue weighted by atomic mass is 16.5. The maximum atomic E-state index is 11.2. The van der Waals surface area contributed by atoms with Crippen LogP contribution in [0.4, 0.5) is 23.0 Å². The Hall–Kier alpha value is -3.23. The molecule has 9 nitrogen and oxygen atoms in total. The molecule has 0 fully saturated rings. The lowest BCUT2D eigenvalue weighted by molar-refractivity contribution is -0.115. The molecule has 2 rings (SSSR count). The van der Waals surface area contributed by atoms with Gasteiger partial charge in [0.05, 0.1) is 12.8 Å². The number of nitrogens with one attached hydrogen (secondary N) is 3. The maximum Gasteiger partial charge on any atom is 0.222 e. The van der Waals surface area contributed by atoms with Crippen molar-refractivity contribution < 1.29 is 14.3 Å². The van der Waals surface area contributed by atoms with E-state index in [9.17, 15) is 9.59 Å². The molecule has 0 unspecified atom stereocenters. The van der Waals surface area contributed by atoms with E-state index in [0.29, 0.717) is 11.4 Å². The normalized spacial score (nSPS) is 10.6. The van der Waals surface area contributed by atoms with E-state index in [1.807, 2.05) is 0 Å². The van der Waals surface area contributed by atoms with Gasteiger partial charge in [0.15, 0.2) is 17.3 Å². The van der Waals surface area contributed by atoms with Crippen molar-refractivity contribution in [1.29, 1.82) is 0 Å². The van der Waals surface area contributed by atoms with Crippen LogP contribution in [0.3, 0.4) is 0 Å². The lowest BCUT2D eigenvalue weighted by Gasteiger charge is -2.02. The molecule has 1 aromatic heterocycles. The van der Waals surface area contributed by atoms with Crippen molar-refractivity contribution in [3.8, 4) is 5.75 Å². The van der Waals surface area contributed by atoms with Crippen molar-refractivity contribution in [3.63, 3.8) is 0 Å². The number of carbonyl (C=O) groups excluding carboxylic acids is 2. The minimum Gasteiger partial charge on any atom is -0.497 e. The third kappa shape index (κ3) is 4.37. The average Bonchev–Trinajstić information content (AvgIpc) is 2.85. The van der Waals surface area contributed by atoms with Gasteiger partial charge in [-0.3, -0.25) is 14.7 Å². The molecule has 23 heavy (non-hydrogen) atoms. The largest absolute Gasteiger partial charge is 0.497 e. The van der Waals surface area contributed by atoms with Gasteiger partial charge >= 0.3 is 0 Å². The third-order valence-corrected chi connectivity index (χ3v) is 2.65. The summed E-state index contributed by atoms with van der Waals surface area (Å²) in [5.41, 5.74) is 0.770. The second-order valence-corrected chi connectivity index (χ2v) is 4.56. The molecule has 0 atom stereocenters. The summed E-state index contributed by atoms with van der Waals surface area (Å²) in [6.45, 7) is 2.69. The van der Waals surface area contributed by atoms with Crippen molar-refractivity contribution >= 4 is 34.8 Å². The van der Waals surface area contributed by atoms with Crippen LogP contribution in [0, 0.1) is 0 Å². The second-order valence-electron chi connectivity index (χ2n) is 4.56. The number of nitrogens with zero attached hydrogens (tertiary/aromatic N) is 3. The fourth-order valence-corrected chi connectivity index (χ4v) is 1.73. The molecule has 0 saturated heterocycles. The molecule has 1 heterocycles. The fraction of sp³-hybridized carbons (Fsp3) is 0.214. The summed E-state index contributed by atoms with van der Waals surface area (Å²) in [7, 11) is 1.55. The Bertz CT molecular complexity index is 719. The van der Waals surface area contributed by atoms with Gasteiger partial charge in [0.2, 0.25) is 11.8 Å². The number of benzene rings is 1. The molecule has 0 bridgehead atoms. The first-order valence-electron chi connectivity index (χ1n) is 6.69. The molecule has 0 aliphatic rings. The fourth-order valence-electron chi connectivity index (χ4n) is 1.73. The Labute approximate surface area is 132 Å². The molecule has 0 aliphatic carbocycles. The zero-order chi connectivity index (χ0) is 16.8. The Morgan fingerprint density at radius 2 is 1.91 bits per heavy atom. The highest BCUT2D eigenvalue weighted by Crippen LogP contribution is 2.33. The summed E-state index contributed by atoms with van der Waals surface area (Å²) in [6, 6.07) is 6.98. The van der Waals surface area contributed by atoms with Crippen LogP contribution in [0.2, 0.25) is 0 Å². The first-order valence-corrected chi connectivity index (χ1v) is 6.69. The zero-order valence-corrected chi connectivity index (χ0v) is 12.9. The van der Waals surface area contributed by atoms with Crippen molar-refractivity contribution in [1.82, 2.24) is 10.2 Å². The van der Waals surface area contributed by atoms with E-state index < -0.39 is 0 Å². The molecule has 0 saturated carbocycles. The van der Waals surface area contributed by atoms with E-state index in [1.165, 1.54) is 13.8 Å². The Morgan fingerprint density at radius 1 is 1.17 bits per heavy atom. The van der Waals surface area contributed by atoms with E-state index in [0.717, 1.165) is 0 Å². The maximum absolute atomic E-state index is 11.2. The summed E-state index contributed by atoms with van der Waals surface area (Å²) >= 11 is 0. The highest BCUT2D eigenvalue weighted by molar-refractivity contribution is 5.96. The van der Waals surface area contributed by atoms with Crippen LogP contribution in [0.1, 0.15) is 13.8 Å². The second kappa shape index (κ2) is 7.16. The van der Waals surface area contributed by atoms with Gasteiger partial charge in [0, 0.05) is 19.9 Å². The minimum absolute atomic E-state index is 0.174. The Morgan fingerprint density at radius 3 is 2.57 bits per heavy atom. The third-order valence-electron chi connectivity index (χ3n) is 2.65. The monoisotopic (exact) mass is 316 g/mol. The zero-order valence-electron chi connectivity index (χ0n) is 12.9. The summed E-state index contributed by atoms with van der Waals surface area (Å²) < 4.78 is 5.11. The number of H-pyrrole nitrogens is 1. The van der Waals surface area contributed by atoms with Crippen LogP contribution in [-0.4, -0.2) is 29.1 Å². The predicted molar refractivity (Wildman–Crippen MR) is 84.4 cm³/mol. The highest BCUT2D eigenvalue weighted by Gasteiger charge is 2.15. The molecule has 0 radical (unpaired) electrons. The molecule has 120 valence electrons. The minimum atomic E-state index is -0.316. The molecule has 2 amide bonds. The molecular weight excluding hydrogens is 300 g/mol. The molecule has 0 aliphatic heterocycles. The molecule has 9 heteroatoms. The van der Waals surface area contributed by atoms with Crippen LogP contribution in [0.25, 0.3) is 0 Å². The van der Waals surface area contributed by atoms with Crippen molar-refractivity contribution in [2.45, 2.75) is 13.8 Å². The molecule has 3 N–H and O–H groups in total. The van der Waals surface area contributed by atoms with Gasteiger partial charge in [0.25, 0.3) is 0 Å². The molecule has 1 aromatic carbocycles.